The van der Waals surface area contributed by atoms with Crippen LogP contribution in [-0.4, -0.2) is 30.1 Å². The lowest BCUT2D eigenvalue weighted by Gasteiger charge is -2.16. The summed E-state index contributed by atoms with van der Waals surface area (Å²) in [6.07, 6.45) is 2.76. The molecule has 1 amide bonds. The van der Waals surface area contributed by atoms with Crippen molar-refractivity contribution in [1.82, 2.24) is 4.90 Å². The predicted octanol–water partition coefficient (Wildman–Crippen LogP) is 2.60. The highest BCUT2D eigenvalue weighted by Crippen LogP contribution is 2.17. The monoisotopic (exact) mass is 247 g/mol. The van der Waals surface area contributed by atoms with E-state index in [0.717, 1.165) is 25.8 Å². The molecule has 0 aromatic heterocycles. The van der Waals surface area contributed by atoms with Gasteiger partial charge in [0, 0.05) is 26.1 Å². The Balaban J connectivity index is 1.83. The molecule has 98 valence electrons. The number of unbranched alkanes of at least 4 members (excludes halogenated alkanes) is 1. The van der Waals surface area contributed by atoms with Crippen molar-refractivity contribution >= 4 is 5.91 Å². The minimum Gasteiger partial charge on any atom is -0.368 e. The van der Waals surface area contributed by atoms with E-state index in [1.165, 1.54) is 5.56 Å². The Hall–Kier alpha value is -1.35. The lowest BCUT2D eigenvalue weighted by molar-refractivity contribution is -0.137. The fraction of sp³-hybridized carbons (Fsp3) is 0.533. The minimum absolute atomic E-state index is 0.148. The summed E-state index contributed by atoms with van der Waals surface area (Å²) in [5.41, 5.74) is 1.18. The first-order valence-corrected chi connectivity index (χ1v) is 6.75. The smallest absolute Gasteiger partial charge is 0.252 e. The molecular weight excluding hydrogens is 226 g/mol. The first-order chi connectivity index (χ1) is 8.81. The van der Waals surface area contributed by atoms with Crippen molar-refractivity contribution in [3.8, 4) is 0 Å². The van der Waals surface area contributed by atoms with Crippen molar-refractivity contribution in [3.05, 3.63) is 35.9 Å². The quantitative estimate of drug-likeness (QED) is 0.723. The van der Waals surface area contributed by atoms with Crippen LogP contribution in [0.4, 0.5) is 0 Å². The zero-order chi connectivity index (χ0) is 12.8. The second-order valence-electron chi connectivity index (χ2n) is 4.75. The average molecular weight is 247 g/mol. The van der Waals surface area contributed by atoms with Gasteiger partial charge in [0.2, 0.25) is 0 Å². The van der Waals surface area contributed by atoms with Gasteiger partial charge in [0.1, 0.15) is 6.10 Å². The van der Waals surface area contributed by atoms with E-state index in [4.69, 9.17) is 4.74 Å². The summed E-state index contributed by atoms with van der Waals surface area (Å²) in [5.74, 6) is 0.148. The van der Waals surface area contributed by atoms with Crippen molar-refractivity contribution in [1.29, 1.82) is 0 Å². The van der Waals surface area contributed by atoms with E-state index in [2.05, 4.69) is 19.1 Å². The molecule has 0 radical (unpaired) electrons. The van der Waals surface area contributed by atoms with Crippen molar-refractivity contribution < 1.29 is 9.53 Å². The summed E-state index contributed by atoms with van der Waals surface area (Å²) in [5, 5.41) is 0. The third-order valence-corrected chi connectivity index (χ3v) is 3.28. The molecule has 1 aliphatic rings. The van der Waals surface area contributed by atoms with Gasteiger partial charge in [0.25, 0.3) is 5.91 Å². The van der Waals surface area contributed by atoms with Crippen molar-refractivity contribution in [2.45, 2.75) is 38.8 Å². The molecule has 1 aromatic rings. The molecule has 3 heteroatoms. The molecule has 1 aromatic carbocycles. The highest BCUT2D eigenvalue weighted by Gasteiger charge is 2.31. The molecule has 0 spiro atoms. The number of rotatable bonds is 6. The Labute approximate surface area is 109 Å². The van der Waals surface area contributed by atoms with Crippen LogP contribution >= 0.6 is 0 Å². The van der Waals surface area contributed by atoms with Crippen LogP contribution in [0.1, 0.15) is 31.7 Å². The van der Waals surface area contributed by atoms with Crippen LogP contribution < -0.4 is 0 Å². The second-order valence-corrected chi connectivity index (χ2v) is 4.75. The molecule has 0 N–H and O–H groups in total. The predicted molar refractivity (Wildman–Crippen MR) is 71.1 cm³/mol. The maximum Gasteiger partial charge on any atom is 0.252 e. The van der Waals surface area contributed by atoms with Gasteiger partial charge >= 0.3 is 0 Å². The molecule has 0 saturated carbocycles. The topological polar surface area (TPSA) is 29.5 Å². The Morgan fingerprint density at radius 3 is 2.83 bits per heavy atom. The van der Waals surface area contributed by atoms with Crippen molar-refractivity contribution in [2.75, 3.05) is 13.2 Å². The van der Waals surface area contributed by atoms with E-state index in [1.54, 1.807) is 0 Å². The lowest BCUT2D eigenvalue weighted by atomic mass is 10.2. The number of nitrogens with zero attached hydrogens (tertiary/aromatic N) is 1. The summed E-state index contributed by atoms with van der Waals surface area (Å²) in [7, 11) is 0. The van der Waals surface area contributed by atoms with Gasteiger partial charge in [-0.15, -0.1) is 0 Å². The Morgan fingerprint density at radius 1 is 1.33 bits per heavy atom. The van der Waals surface area contributed by atoms with E-state index < -0.39 is 0 Å². The molecule has 1 aliphatic heterocycles. The number of carbonyl (C=O) groups excluding carboxylic acids is 1. The van der Waals surface area contributed by atoms with Crippen molar-refractivity contribution in [2.24, 2.45) is 0 Å². The average Bonchev–Trinajstić information content (AvgIpc) is 2.73. The first kappa shape index (κ1) is 13.1. The number of benzene rings is 1. The third kappa shape index (κ3) is 3.33. The minimum atomic E-state index is -0.208. The zero-order valence-corrected chi connectivity index (χ0v) is 11.0. The van der Waals surface area contributed by atoms with Crippen LogP contribution in [0.2, 0.25) is 0 Å². The van der Waals surface area contributed by atoms with Gasteiger partial charge in [-0.1, -0.05) is 43.7 Å². The Bertz CT molecular complexity index is 377. The fourth-order valence-corrected chi connectivity index (χ4v) is 2.20. The zero-order valence-electron chi connectivity index (χ0n) is 11.0. The highest BCUT2D eigenvalue weighted by molar-refractivity contribution is 5.83. The fourth-order valence-electron chi connectivity index (χ4n) is 2.20. The summed E-state index contributed by atoms with van der Waals surface area (Å²) < 4.78 is 5.63. The van der Waals surface area contributed by atoms with Crippen LogP contribution in [0.5, 0.6) is 0 Å². The molecule has 2 rings (SSSR count). The van der Waals surface area contributed by atoms with Gasteiger partial charge in [0.15, 0.2) is 0 Å². The molecular formula is C15H21NO2. The number of ether oxygens (including phenoxy) is 1. The van der Waals surface area contributed by atoms with E-state index >= 15 is 0 Å². The van der Waals surface area contributed by atoms with Gasteiger partial charge in [-0.3, -0.25) is 4.79 Å². The van der Waals surface area contributed by atoms with Gasteiger partial charge in [-0.2, -0.15) is 0 Å². The third-order valence-electron chi connectivity index (χ3n) is 3.28. The number of carbonyl (C=O) groups is 1. The second kappa shape index (κ2) is 6.55. The molecule has 3 nitrogen and oxygen atoms in total. The van der Waals surface area contributed by atoms with Crippen LogP contribution in [0.3, 0.4) is 0 Å². The largest absolute Gasteiger partial charge is 0.368 e. The van der Waals surface area contributed by atoms with Crippen molar-refractivity contribution in [3.63, 3.8) is 0 Å². The molecule has 1 fully saturated rings. The summed E-state index contributed by atoms with van der Waals surface area (Å²) in [6.45, 7) is 4.34. The molecule has 0 aliphatic carbocycles. The van der Waals surface area contributed by atoms with E-state index in [1.807, 2.05) is 23.1 Å². The highest BCUT2D eigenvalue weighted by atomic mass is 16.5. The van der Waals surface area contributed by atoms with E-state index in [0.29, 0.717) is 13.2 Å². The van der Waals surface area contributed by atoms with Gasteiger partial charge in [-0.25, -0.2) is 0 Å². The number of hydrogen-bond donors (Lipinski definition) is 0. The summed E-state index contributed by atoms with van der Waals surface area (Å²) in [6, 6.07) is 10.1. The normalized spacial score (nSPS) is 19.5. The summed E-state index contributed by atoms with van der Waals surface area (Å²) in [4.78, 5) is 14.0. The van der Waals surface area contributed by atoms with Gasteiger partial charge < -0.3 is 9.64 Å². The SMILES string of the molecule is CCCCO[C@H]1CCN(Cc2ccccc2)C1=O. The molecule has 1 heterocycles. The van der Waals surface area contributed by atoms with E-state index in [-0.39, 0.29) is 12.0 Å². The van der Waals surface area contributed by atoms with Crippen LogP contribution in [0, 0.1) is 0 Å². The molecule has 1 saturated heterocycles. The van der Waals surface area contributed by atoms with E-state index in [9.17, 15) is 4.79 Å². The van der Waals surface area contributed by atoms with Crippen LogP contribution in [-0.2, 0) is 16.1 Å². The first-order valence-electron chi connectivity index (χ1n) is 6.75. The van der Waals surface area contributed by atoms with Crippen LogP contribution in [0.15, 0.2) is 30.3 Å². The lowest BCUT2D eigenvalue weighted by Crippen LogP contribution is -2.30. The molecule has 1 atom stereocenters. The number of amides is 1. The molecule has 0 bridgehead atoms. The molecule has 18 heavy (non-hydrogen) atoms. The van der Waals surface area contributed by atoms with Gasteiger partial charge in [0.05, 0.1) is 0 Å². The number of likely N-dealkylation sites (tertiary alicyclic amines) is 1. The Kier molecular flexibility index (Phi) is 4.76. The Morgan fingerprint density at radius 2 is 2.11 bits per heavy atom. The molecule has 0 unspecified atom stereocenters. The maximum atomic E-state index is 12.1. The summed E-state index contributed by atoms with van der Waals surface area (Å²) >= 11 is 0. The number of hydrogen-bond acceptors (Lipinski definition) is 2. The standard InChI is InChI=1S/C15H21NO2/c1-2-3-11-18-14-9-10-16(15(14)17)12-13-7-5-4-6-8-13/h4-8,14H,2-3,9-12H2,1H3/t14-/m0/s1. The van der Waals surface area contributed by atoms with Gasteiger partial charge in [-0.05, 0) is 12.0 Å². The maximum absolute atomic E-state index is 12.1. The van der Waals surface area contributed by atoms with Crippen LogP contribution in [0.25, 0.3) is 0 Å².